The number of hydrogen-bond acceptors (Lipinski definition) is 3. The number of rotatable bonds is 3. The molecular weight excluding hydrogens is 383 g/mol. The van der Waals surface area contributed by atoms with Crippen LogP contribution in [0.1, 0.15) is 42.5 Å². The monoisotopic (exact) mass is 408 g/mol. The highest BCUT2D eigenvalue weighted by molar-refractivity contribution is 14.0. The fraction of sp³-hybridized carbons (Fsp3) is 0.714. The van der Waals surface area contributed by atoms with Crippen molar-refractivity contribution in [3.63, 3.8) is 0 Å². The van der Waals surface area contributed by atoms with Crippen LogP contribution in [0.5, 0.6) is 0 Å². The molecule has 4 nitrogen and oxygen atoms in total. The molecular formula is C14H25IN4S. The maximum absolute atomic E-state index is 4.35. The predicted octanol–water partition coefficient (Wildman–Crippen LogP) is 3.31. The molecule has 0 spiro atoms. The maximum atomic E-state index is 4.35. The number of aliphatic imine (C=N–C) groups is 1. The maximum Gasteiger partial charge on any atom is 0.191 e. The van der Waals surface area contributed by atoms with E-state index < -0.39 is 0 Å². The Labute approximate surface area is 142 Å². The molecule has 0 aromatic carbocycles. The summed E-state index contributed by atoms with van der Waals surface area (Å²) in [6.45, 7) is 5.17. The topological polar surface area (TPSA) is 49.3 Å². The van der Waals surface area contributed by atoms with Gasteiger partial charge < -0.3 is 10.6 Å². The lowest BCUT2D eigenvalue weighted by atomic mass is 9.87. The van der Waals surface area contributed by atoms with Crippen molar-refractivity contribution in [1.29, 1.82) is 0 Å². The van der Waals surface area contributed by atoms with Crippen molar-refractivity contribution in [3.8, 4) is 0 Å². The molecule has 2 N–H and O–H groups in total. The minimum atomic E-state index is 0. The minimum Gasteiger partial charge on any atom is -0.354 e. The molecule has 1 heterocycles. The normalized spacial score (nSPS) is 23.1. The summed E-state index contributed by atoms with van der Waals surface area (Å²) in [5.41, 5.74) is 0. The Hall–Kier alpha value is -0.370. The van der Waals surface area contributed by atoms with Crippen LogP contribution in [0.3, 0.4) is 0 Å². The van der Waals surface area contributed by atoms with Crippen LogP contribution in [0.4, 0.5) is 0 Å². The number of halogens is 1. The van der Waals surface area contributed by atoms with Gasteiger partial charge in [0.2, 0.25) is 0 Å². The van der Waals surface area contributed by atoms with E-state index in [4.69, 9.17) is 0 Å². The fourth-order valence-corrected chi connectivity index (χ4v) is 3.16. The first-order valence-electron chi connectivity index (χ1n) is 7.06. The lowest BCUT2D eigenvalue weighted by molar-refractivity contribution is 0.329. The summed E-state index contributed by atoms with van der Waals surface area (Å²) in [7, 11) is 1.83. The Morgan fingerprint density at radius 3 is 2.65 bits per heavy atom. The summed E-state index contributed by atoms with van der Waals surface area (Å²) < 4.78 is 0. The standard InChI is InChI=1S/C14H24N4S.HI/c1-10-4-6-12(7-5-10)18-14(15-3)17-9-13-16-8-11(2)19-13;/h8,10,12H,4-7,9H2,1-3H3,(H2,15,17,18);1H. The molecule has 2 rings (SSSR count). The van der Waals surface area contributed by atoms with Gasteiger partial charge in [0.25, 0.3) is 0 Å². The zero-order valence-corrected chi connectivity index (χ0v) is 15.6. The lowest BCUT2D eigenvalue weighted by Crippen LogP contribution is -2.44. The van der Waals surface area contributed by atoms with E-state index in [9.17, 15) is 0 Å². The van der Waals surface area contributed by atoms with Crippen LogP contribution >= 0.6 is 35.3 Å². The summed E-state index contributed by atoms with van der Waals surface area (Å²) in [6, 6.07) is 0.570. The van der Waals surface area contributed by atoms with Crippen molar-refractivity contribution in [2.45, 2.75) is 52.1 Å². The molecule has 0 bridgehead atoms. The first-order chi connectivity index (χ1) is 9.17. The molecule has 0 unspecified atom stereocenters. The Morgan fingerprint density at radius 1 is 1.40 bits per heavy atom. The van der Waals surface area contributed by atoms with Crippen molar-refractivity contribution >= 4 is 41.3 Å². The van der Waals surface area contributed by atoms with E-state index in [1.807, 2.05) is 13.2 Å². The van der Waals surface area contributed by atoms with Gasteiger partial charge in [0.05, 0.1) is 6.54 Å². The van der Waals surface area contributed by atoms with Crippen molar-refractivity contribution in [2.24, 2.45) is 10.9 Å². The van der Waals surface area contributed by atoms with Crippen LogP contribution in [-0.2, 0) is 6.54 Å². The largest absolute Gasteiger partial charge is 0.354 e. The third-order valence-electron chi connectivity index (χ3n) is 3.66. The zero-order chi connectivity index (χ0) is 13.7. The van der Waals surface area contributed by atoms with Gasteiger partial charge in [-0.1, -0.05) is 6.92 Å². The molecule has 0 amide bonds. The number of hydrogen-bond donors (Lipinski definition) is 2. The molecule has 1 fully saturated rings. The third-order valence-corrected chi connectivity index (χ3v) is 4.57. The molecule has 1 aromatic rings. The molecule has 6 heteroatoms. The third kappa shape index (κ3) is 5.55. The second kappa shape index (κ2) is 8.81. The van der Waals surface area contributed by atoms with Gasteiger partial charge in [0.15, 0.2) is 5.96 Å². The van der Waals surface area contributed by atoms with Crippen molar-refractivity contribution in [3.05, 3.63) is 16.1 Å². The van der Waals surface area contributed by atoms with E-state index in [2.05, 4.69) is 34.5 Å². The average molecular weight is 408 g/mol. The summed E-state index contributed by atoms with van der Waals surface area (Å²) in [5.74, 6) is 1.78. The van der Waals surface area contributed by atoms with Gasteiger partial charge in [0.1, 0.15) is 5.01 Å². The summed E-state index contributed by atoms with van der Waals surface area (Å²) in [4.78, 5) is 9.90. The van der Waals surface area contributed by atoms with E-state index in [1.165, 1.54) is 30.6 Å². The molecule has 0 atom stereocenters. The van der Waals surface area contributed by atoms with Crippen LogP contribution in [0.15, 0.2) is 11.2 Å². The number of aromatic nitrogens is 1. The molecule has 20 heavy (non-hydrogen) atoms. The Balaban J connectivity index is 0.00000200. The van der Waals surface area contributed by atoms with Crippen LogP contribution in [-0.4, -0.2) is 24.0 Å². The van der Waals surface area contributed by atoms with E-state index in [1.54, 1.807) is 11.3 Å². The van der Waals surface area contributed by atoms with Gasteiger partial charge in [-0.3, -0.25) is 4.99 Å². The lowest BCUT2D eigenvalue weighted by Gasteiger charge is -2.28. The highest BCUT2D eigenvalue weighted by Crippen LogP contribution is 2.23. The number of nitrogens with zero attached hydrogens (tertiary/aromatic N) is 2. The van der Waals surface area contributed by atoms with E-state index in [0.29, 0.717) is 6.04 Å². The zero-order valence-electron chi connectivity index (χ0n) is 12.5. The number of guanidine groups is 1. The fourth-order valence-electron chi connectivity index (χ4n) is 2.43. The Kier molecular flexibility index (Phi) is 7.79. The number of nitrogens with one attached hydrogen (secondary N) is 2. The SMILES string of the molecule is CN=C(NCc1ncc(C)s1)NC1CCC(C)CC1.I. The van der Waals surface area contributed by atoms with Gasteiger partial charge >= 0.3 is 0 Å². The average Bonchev–Trinajstić information content (AvgIpc) is 2.82. The Bertz CT molecular complexity index is 425. The molecule has 0 saturated heterocycles. The summed E-state index contributed by atoms with van der Waals surface area (Å²) in [6.07, 6.45) is 7.05. The van der Waals surface area contributed by atoms with Gasteiger partial charge in [-0.2, -0.15) is 0 Å². The van der Waals surface area contributed by atoms with E-state index >= 15 is 0 Å². The van der Waals surface area contributed by atoms with E-state index in [-0.39, 0.29) is 24.0 Å². The van der Waals surface area contributed by atoms with Crippen LogP contribution in [0.25, 0.3) is 0 Å². The smallest absolute Gasteiger partial charge is 0.191 e. The minimum absolute atomic E-state index is 0. The molecule has 1 aromatic heterocycles. The second-order valence-electron chi connectivity index (χ2n) is 5.39. The van der Waals surface area contributed by atoms with Gasteiger partial charge in [0, 0.05) is 24.2 Å². The van der Waals surface area contributed by atoms with Crippen LogP contribution in [0.2, 0.25) is 0 Å². The second-order valence-corrected chi connectivity index (χ2v) is 6.71. The molecule has 1 aliphatic rings. The number of aryl methyl sites for hydroxylation is 1. The van der Waals surface area contributed by atoms with Crippen molar-refractivity contribution in [2.75, 3.05) is 7.05 Å². The summed E-state index contributed by atoms with van der Waals surface area (Å²) in [5, 5.41) is 7.97. The van der Waals surface area contributed by atoms with Gasteiger partial charge in [-0.05, 0) is 38.5 Å². The quantitative estimate of drug-likeness (QED) is 0.459. The van der Waals surface area contributed by atoms with Crippen LogP contribution < -0.4 is 10.6 Å². The van der Waals surface area contributed by atoms with E-state index in [0.717, 1.165) is 23.4 Å². The van der Waals surface area contributed by atoms with Crippen molar-refractivity contribution in [1.82, 2.24) is 15.6 Å². The molecule has 0 aliphatic heterocycles. The Morgan fingerprint density at radius 2 is 2.10 bits per heavy atom. The molecule has 0 radical (unpaired) electrons. The molecule has 1 saturated carbocycles. The number of thiazole rings is 1. The van der Waals surface area contributed by atoms with Crippen molar-refractivity contribution < 1.29 is 0 Å². The highest BCUT2D eigenvalue weighted by atomic mass is 127. The highest BCUT2D eigenvalue weighted by Gasteiger charge is 2.18. The van der Waals surface area contributed by atoms with Crippen LogP contribution in [0, 0.1) is 12.8 Å². The van der Waals surface area contributed by atoms with Gasteiger partial charge in [-0.15, -0.1) is 35.3 Å². The summed E-state index contributed by atoms with van der Waals surface area (Å²) >= 11 is 1.73. The first-order valence-corrected chi connectivity index (χ1v) is 7.87. The first kappa shape index (κ1) is 17.7. The van der Waals surface area contributed by atoms with Gasteiger partial charge in [-0.25, -0.2) is 4.98 Å². The molecule has 114 valence electrons. The predicted molar refractivity (Wildman–Crippen MR) is 97.0 cm³/mol. The molecule has 1 aliphatic carbocycles.